The molecule has 4 nitrogen and oxygen atoms in total. The van der Waals surface area contributed by atoms with E-state index in [-0.39, 0.29) is 12.2 Å². The predicted molar refractivity (Wildman–Crippen MR) is 74.9 cm³/mol. The lowest BCUT2D eigenvalue weighted by Gasteiger charge is -2.10. The van der Waals surface area contributed by atoms with Crippen molar-refractivity contribution >= 4 is 15.8 Å². The van der Waals surface area contributed by atoms with E-state index in [4.69, 9.17) is 5.11 Å². The van der Waals surface area contributed by atoms with Crippen molar-refractivity contribution < 1.29 is 18.3 Å². The monoisotopic (exact) mass is 284 g/mol. The molecule has 0 fully saturated rings. The summed E-state index contributed by atoms with van der Waals surface area (Å²) in [6.07, 6.45) is 1.90. The number of aryl methyl sites for hydroxylation is 1. The van der Waals surface area contributed by atoms with Crippen LogP contribution in [0.1, 0.15) is 31.7 Å². The molecule has 0 saturated heterocycles. The van der Waals surface area contributed by atoms with Gasteiger partial charge in [-0.15, -0.1) is 0 Å². The highest BCUT2D eigenvalue weighted by Crippen LogP contribution is 2.11. The molecule has 0 aromatic heterocycles. The van der Waals surface area contributed by atoms with Gasteiger partial charge in [-0.1, -0.05) is 30.3 Å². The highest BCUT2D eigenvalue weighted by molar-refractivity contribution is 7.92. The summed E-state index contributed by atoms with van der Waals surface area (Å²) in [4.78, 5) is 10.5. The number of hydrogen-bond donors (Lipinski definition) is 1. The zero-order valence-electron chi connectivity index (χ0n) is 11.1. The first-order valence-corrected chi connectivity index (χ1v) is 8.10. The Kier molecular flexibility index (Phi) is 6.02. The summed E-state index contributed by atoms with van der Waals surface area (Å²) in [5.74, 6) is -1.01. The third kappa shape index (κ3) is 5.87. The van der Waals surface area contributed by atoms with Crippen LogP contribution in [0.15, 0.2) is 30.3 Å². The Bertz CT molecular complexity index is 493. The fraction of sp³-hybridized carbons (Fsp3) is 0.500. The van der Waals surface area contributed by atoms with Crippen molar-refractivity contribution in [2.75, 3.05) is 5.75 Å². The molecular weight excluding hydrogens is 264 g/mol. The summed E-state index contributed by atoms with van der Waals surface area (Å²) in [7, 11) is -3.29. The van der Waals surface area contributed by atoms with Gasteiger partial charge in [0.1, 0.15) is 0 Å². The van der Waals surface area contributed by atoms with E-state index < -0.39 is 21.1 Å². The minimum Gasteiger partial charge on any atom is -0.481 e. The third-order valence-electron chi connectivity index (χ3n) is 3.06. The number of carbonyl (C=O) groups is 1. The highest BCUT2D eigenvalue weighted by Gasteiger charge is 2.22. The Morgan fingerprint density at radius 3 is 2.42 bits per heavy atom. The van der Waals surface area contributed by atoms with Crippen LogP contribution in [0.4, 0.5) is 0 Å². The molecule has 0 aliphatic rings. The number of carboxylic acids is 1. The molecule has 1 aromatic rings. The standard InChI is InChI=1S/C14H20O4S/c1-12(11-14(15)16)19(17,18)10-6-5-9-13-7-3-2-4-8-13/h2-4,7-8,12H,5-6,9-11H2,1H3,(H,15,16). The van der Waals surface area contributed by atoms with Gasteiger partial charge >= 0.3 is 5.97 Å². The van der Waals surface area contributed by atoms with Gasteiger partial charge in [-0.2, -0.15) is 0 Å². The van der Waals surface area contributed by atoms with Crippen LogP contribution in [0, 0.1) is 0 Å². The molecule has 19 heavy (non-hydrogen) atoms. The third-order valence-corrected chi connectivity index (χ3v) is 5.31. The van der Waals surface area contributed by atoms with Gasteiger partial charge in [0.25, 0.3) is 0 Å². The molecule has 1 N–H and O–H groups in total. The topological polar surface area (TPSA) is 71.4 Å². The Balaban J connectivity index is 2.34. The molecule has 5 heteroatoms. The molecule has 0 aliphatic heterocycles. The maximum absolute atomic E-state index is 11.8. The van der Waals surface area contributed by atoms with Crippen LogP contribution in [-0.2, 0) is 21.1 Å². The second kappa shape index (κ2) is 7.28. The van der Waals surface area contributed by atoms with E-state index in [1.807, 2.05) is 30.3 Å². The van der Waals surface area contributed by atoms with Crippen molar-refractivity contribution in [3.8, 4) is 0 Å². The van der Waals surface area contributed by atoms with Crippen LogP contribution >= 0.6 is 0 Å². The molecule has 1 atom stereocenters. The van der Waals surface area contributed by atoms with E-state index in [9.17, 15) is 13.2 Å². The minimum absolute atomic E-state index is 0.0638. The van der Waals surface area contributed by atoms with E-state index in [0.29, 0.717) is 6.42 Å². The lowest BCUT2D eigenvalue weighted by molar-refractivity contribution is -0.136. The SMILES string of the molecule is CC(CC(=O)O)S(=O)(=O)CCCCc1ccccc1. The van der Waals surface area contributed by atoms with E-state index in [0.717, 1.165) is 12.8 Å². The van der Waals surface area contributed by atoms with Crippen LogP contribution in [0.3, 0.4) is 0 Å². The maximum atomic E-state index is 11.8. The molecule has 0 bridgehead atoms. The first-order chi connectivity index (χ1) is 8.92. The zero-order valence-corrected chi connectivity index (χ0v) is 11.9. The van der Waals surface area contributed by atoms with Crippen molar-refractivity contribution in [1.29, 1.82) is 0 Å². The fourth-order valence-electron chi connectivity index (χ4n) is 1.85. The van der Waals surface area contributed by atoms with Crippen LogP contribution in [0.25, 0.3) is 0 Å². The number of hydrogen-bond acceptors (Lipinski definition) is 3. The molecule has 0 saturated carbocycles. The average molecular weight is 284 g/mol. The minimum atomic E-state index is -3.29. The first kappa shape index (κ1) is 15.7. The summed E-state index contributed by atoms with van der Waals surface area (Å²) in [5.41, 5.74) is 1.19. The van der Waals surface area contributed by atoms with Gasteiger partial charge in [-0.3, -0.25) is 4.79 Å². The maximum Gasteiger partial charge on any atom is 0.304 e. The number of aliphatic carboxylic acids is 1. The Morgan fingerprint density at radius 1 is 1.21 bits per heavy atom. The lowest BCUT2D eigenvalue weighted by Crippen LogP contribution is -2.24. The molecule has 1 rings (SSSR count). The molecule has 0 aliphatic carbocycles. The van der Waals surface area contributed by atoms with Gasteiger partial charge in [0, 0.05) is 0 Å². The molecule has 0 amide bonds. The molecule has 1 aromatic carbocycles. The molecular formula is C14H20O4S. The summed E-state index contributed by atoms with van der Waals surface area (Å²) >= 11 is 0. The van der Waals surface area contributed by atoms with Gasteiger partial charge in [-0.05, 0) is 31.7 Å². The Hall–Kier alpha value is -1.36. The van der Waals surface area contributed by atoms with Gasteiger partial charge < -0.3 is 5.11 Å². The van der Waals surface area contributed by atoms with E-state index >= 15 is 0 Å². The van der Waals surface area contributed by atoms with Crippen molar-refractivity contribution in [3.05, 3.63) is 35.9 Å². The van der Waals surface area contributed by atoms with Gasteiger partial charge in [0.05, 0.1) is 17.4 Å². The quantitative estimate of drug-likeness (QED) is 0.743. The number of unbranched alkanes of at least 4 members (excludes halogenated alkanes) is 1. The largest absolute Gasteiger partial charge is 0.481 e. The molecule has 0 radical (unpaired) electrons. The van der Waals surface area contributed by atoms with Crippen LogP contribution < -0.4 is 0 Å². The van der Waals surface area contributed by atoms with E-state index in [2.05, 4.69) is 0 Å². The molecule has 106 valence electrons. The average Bonchev–Trinajstić information content (AvgIpc) is 2.35. The second-order valence-corrected chi connectivity index (χ2v) is 7.26. The number of sulfone groups is 1. The van der Waals surface area contributed by atoms with Crippen LogP contribution in [0.2, 0.25) is 0 Å². The molecule has 1 unspecified atom stereocenters. The first-order valence-electron chi connectivity index (χ1n) is 6.39. The smallest absolute Gasteiger partial charge is 0.304 e. The lowest BCUT2D eigenvalue weighted by atomic mass is 10.1. The zero-order chi connectivity index (χ0) is 14.3. The van der Waals surface area contributed by atoms with Crippen LogP contribution in [-0.4, -0.2) is 30.5 Å². The molecule has 0 spiro atoms. The van der Waals surface area contributed by atoms with Gasteiger partial charge in [0.2, 0.25) is 0 Å². The fourth-order valence-corrected chi connectivity index (χ4v) is 3.26. The summed E-state index contributed by atoms with van der Waals surface area (Å²) < 4.78 is 23.6. The highest BCUT2D eigenvalue weighted by atomic mass is 32.2. The Morgan fingerprint density at radius 2 is 1.84 bits per heavy atom. The summed E-state index contributed by atoms with van der Waals surface area (Å²) in [5, 5.41) is 7.80. The predicted octanol–water partition coefficient (Wildman–Crippen LogP) is 2.29. The van der Waals surface area contributed by atoms with Gasteiger partial charge in [0.15, 0.2) is 9.84 Å². The number of benzene rings is 1. The Labute approximate surface area is 114 Å². The van der Waals surface area contributed by atoms with Crippen molar-refractivity contribution in [3.63, 3.8) is 0 Å². The van der Waals surface area contributed by atoms with Crippen molar-refractivity contribution in [2.24, 2.45) is 0 Å². The van der Waals surface area contributed by atoms with E-state index in [1.54, 1.807) is 0 Å². The second-order valence-electron chi connectivity index (χ2n) is 4.72. The van der Waals surface area contributed by atoms with Crippen LogP contribution in [0.5, 0.6) is 0 Å². The van der Waals surface area contributed by atoms with Gasteiger partial charge in [-0.25, -0.2) is 8.42 Å². The van der Waals surface area contributed by atoms with Crippen molar-refractivity contribution in [2.45, 2.75) is 37.9 Å². The molecule has 0 heterocycles. The van der Waals surface area contributed by atoms with Crippen molar-refractivity contribution in [1.82, 2.24) is 0 Å². The summed E-state index contributed by atoms with van der Waals surface area (Å²) in [6, 6.07) is 9.90. The number of carboxylic acid groups (broad SMARTS) is 1. The van der Waals surface area contributed by atoms with E-state index in [1.165, 1.54) is 12.5 Å². The normalized spacial score (nSPS) is 13.1. The number of rotatable bonds is 8. The summed E-state index contributed by atoms with van der Waals surface area (Å²) in [6.45, 7) is 1.46.